The molecule has 192 valence electrons. The molecule has 14 heteroatoms. The number of nitrogens with zero attached hydrogens (tertiary/aromatic N) is 2. The van der Waals surface area contributed by atoms with Gasteiger partial charge < -0.3 is 35.4 Å². The van der Waals surface area contributed by atoms with Crippen LogP contribution in [0.15, 0.2) is 12.7 Å². The summed E-state index contributed by atoms with van der Waals surface area (Å²) in [5, 5.41) is 16.5. The third-order valence-electron chi connectivity index (χ3n) is 3.95. The summed E-state index contributed by atoms with van der Waals surface area (Å²) in [6.45, 7) is 5.21. The Morgan fingerprint density at radius 1 is 0.912 bits per heavy atom. The zero-order valence-corrected chi connectivity index (χ0v) is 19.6. The molecule has 0 aromatic heterocycles. The molecule has 0 aliphatic heterocycles. The Labute approximate surface area is 197 Å². The number of aliphatic hydroxyl groups excluding tert-OH is 1. The van der Waals surface area contributed by atoms with Gasteiger partial charge in [-0.05, 0) is 13.0 Å². The lowest BCUT2D eigenvalue weighted by Gasteiger charge is -2.24. The minimum Gasteiger partial charge on any atom is -0.444 e. The molecule has 0 aromatic rings. The fraction of sp³-hybridized carbons (Fsp3) is 0.600. The fourth-order valence-corrected chi connectivity index (χ4v) is 2.15. The van der Waals surface area contributed by atoms with Gasteiger partial charge in [-0.15, -0.1) is 0 Å². The van der Waals surface area contributed by atoms with Crippen LogP contribution in [0.25, 0.3) is 0 Å². The lowest BCUT2D eigenvalue weighted by Crippen LogP contribution is -2.49. The maximum Gasteiger partial charge on any atom is 0.307 e. The summed E-state index contributed by atoms with van der Waals surface area (Å²) in [6, 6.07) is 0. The van der Waals surface area contributed by atoms with Crippen LogP contribution in [0.5, 0.6) is 0 Å². The number of hydrogen-bond acceptors (Lipinski definition) is 9. The molecule has 1 unspecified atom stereocenters. The maximum atomic E-state index is 12.5. The van der Waals surface area contributed by atoms with E-state index in [9.17, 15) is 33.9 Å². The number of aliphatic hydroxyl groups is 1. The van der Waals surface area contributed by atoms with Crippen molar-refractivity contribution in [2.24, 2.45) is 0 Å². The van der Waals surface area contributed by atoms with E-state index in [0.717, 1.165) is 15.9 Å². The molecule has 0 spiro atoms. The number of esters is 1. The lowest BCUT2D eigenvalue weighted by atomic mass is 10.4. The van der Waals surface area contributed by atoms with Crippen LogP contribution in [0.1, 0.15) is 27.2 Å². The van der Waals surface area contributed by atoms with Crippen LogP contribution in [-0.4, -0.2) is 103 Å². The quantitative estimate of drug-likeness (QED) is 0.103. The summed E-state index contributed by atoms with van der Waals surface area (Å²) >= 11 is 0. The third-order valence-corrected chi connectivity index (χ3v) is 3.95. The van der Waals surface area contributed by atoms with Gasteiger partial charge in [-0.25, -0.2) is 0 Å². The molecule has 14 nitrogen and oxygen atoms in total. The standard InChI is InChI=1S/C20H33N5O9/c1-5-19(31)33-12-24(10-15(27)21-7-3)18(30)9-23-16(28)11-25(13-34-20(32)6-2)17(29)8-22-14(4)26/h6,20,32H,2,5,7-13H2,1,3-4H3,(H,21,27)(H,22,26)(H,23,28). The molecule has 0 bridgehead atoms. The van der Waals surface area contributed by atoms with Crippen molar-refractivity contribution in [2.75, 3.05) is 46.2 Å². The van der Waals surface area contributed by atoms with Gasteiger partial charge in [0.2, 0.25) is 29.5 Å². The third kappa shape index (κ3) is 13.8. The molecule has 0 aliphatic rings. The number of hydrogen-bond donors (Lipinski definition) is 4. The molecular weight excluding hydrogens is 454 g/mol. The Balaban J connectivity index is 5.03. The van der Waals surface area contributed by atoms with Gasteiger partial charge in [0.1, 0.15) is 19.8 Å². The number of amides is 5. The van der Waals surface area contributed by atoms with Crippen molar-refractivity contribution < 1.29 is 43.3 Å². The normalized spacial score (nSPS) is 10.9. The second-order valence-corrected chi connectivity index (χ2v) is 6.74. The van der Waals surface area contributed by atoms with Crippen molar-refractivity contribution in [3.05, 3.63) is 12.7 Å². The van der Waals surface area contributed by atoms with E-state index < -0.39 is 81.4 Å². The molecule has 0 aromatic carbocycles. The number of ether oxygens (including phenoxy) is 2. The summed E-state index contributed by atoms with van der Waals surface area (Å²) in [4.78, 5) is 73.2. The van der Waals surface area contributed by atoms with Crippen molar-refractivity contribution in [3.63, 3.8) is 0 Å². The molecule has 34 heavy (non-hydrogen) atoms. The van der Waals surface area contributed by atoms with Crippen LogP contribution in [-0.2, 0) is 38.2 Å². The molecule has 0 saturated carbocycles. The number of rotatable bonds is 16. The average Bonchev–Trinajstić information content (AvgIpc) is 2.80. The summed E-state index contributed by atoms with van der Waals surface area (Å²) < 4.78 is 9.86. The van der Waals surface area contributed by atoms with Gasteiger partial charge in [-0.1, -0.05) is 13.5 Å². The second-order valence-electron chi connectivity index (χ2n) is 6.74. The van der Waals surface area contributed by atoms with Gasteiger partial charge in [0.25, 0.3) is 0 Å². The summed E-state index contributed by atoms with van der Waals surface area (Å²) in [6.07, 6.45) is -0.260. The van der Waals surface area contributed by atoms with E-state index in [1.54, 1.807) is 13.8 Å². The molecule has 0 fully saturated rings. The van der Waals surface area contributed by atoms with E-state index in [2.05, 4.69) is 22.5 Å². The lowest BCUT2D eigenvalue weighted by molar-refractivity contribution is -0.154. The summed E-state index contributed by atoms with van der Waals surface area (Å²) in [5.41, 5.74) is 0. The smallest absolute Gasteiger partial charge is 0.307 e. The highest BCUT2D eigenvalue weighted by Crippen LogP contribution is 1.97. The first-order valence-electron chi connectivity index (χ1n) is 10.4. The van der Waals surface area contributed by atoms with Crippen molar-refractivity contribution in [3.8, 4) is 0 Å². The topological polar surface area (TPSA) is 184 Å². The predicted molar refractivity (Wildman–Crippen MR) is 117 cm³/mol. The molecule has 4 N–H and O–H groups in total. The Hall–Kier alpha value is -3.52. The number of carbonyl (C=O) groups excluding carboxylic acids is 6. The minimum atomic E-state index is -1.39. The summed E-state index contributed by atoms with van der Waals surface area (Å²) in [7, 11) is 0. The van der Waals surface area contributed by atoms with Gasteiger partial charge in [0, 0.05) is 19.9 Å². The first kappa shape index (κ1) is 30.5. The first-order chi connectivity index (χ1) is 16.0. The minimum absolute atomic E-state index is 0.0743. The molecule has 1 atom stereocenters. The van der Waals surface area contributed by atoms with Crippen molar-refractivity contribution in [1.82, 2.24) is 25.8 Å². The summed E-state index contributed by atoms with van der Waals surface area (Å²) in [5.74, 6) is -3.68. The van der Waals surface area contributed by atoms with E-state index in [1.807, 2.05) is 0 Å². The predicted octanol–water partition coefficient (Wildman–Crippen LogP) is -2.58. The van der Waals surface area contributed by atoms with Crippen LogP contribution in [0.3, 0.4) is 0 Å². The maximum absolute atomic E-state index is 12.5. The van der Waals surface area contributed by atoms with Gasteiger partial charge in [0.15, 0.2) is 13.0 Å². The number of likely N-dealkylation sites (N-methyl/N-ethyl adjacent to an activating group) is 1. The van der Waals surface area contributed by atoms with Gasteiger partial charge >= 0.3 is 5.97 Å². The van der Waals surface area contributed by atoms with E-state index in [-0.39, 0.29) is 6.42 Å². The Morgan fingerprint density at radius 2 is 1.44 bits per heavy atom. The molecule has 0 radical (unpaired) electrons. The van der Waals surface area contributed by atoms with Gasteiger partial charge in [-0.2, -0.15) is 0 Å². The van der Waals surface area contributed by atoms with Crippen molar-refractivity contribution in [1.29, 1.82) is 0 Å². The van der Waals surface area contributed by atoms with Crippen molar-refractivity contribution in [2.45, 2.75) is 33.5 Å². The fourth-order valence-electron chi connectivity index (χ4n) is 2.15. The highest BCUT2D eigenvalue weighted by Gasteiger charge is 2.22. The second kappa shape index (κ2) is 17.0. The zero-order chi connectivity index (χ0) is 26.1. The molecule has 0 saturated heterocycles. The van der Waals surface area contributed by atoms with E-state index in [0.29, 0.717) is 6.54 Å². The van der Waals surface area contributed by atoms with Gasteiger partial charge in [-0.3, -0.25) is 33.7 Å². The van der Waals surface area contributed by atoms with Crippen LogP contribution in [0.4, 0.5) is 0 Å². The van der Waals surface area contributed by atoms with Gasteiger partial charge in [0.05, 0.1) is 13.1 Å². The molecular formula is C20H33N5O9. The number of nitrogens with one attached hydrogen (secondary N) is 3. The largest absolute Gasteiger partial charge is 0.444 e. The van der Waals surface area contributed by atoms with Crippen LogP contribution >= 0.6 is 0 Å². The SMILES string of the molecule is C=CC(O)OCN(CC(=O)NCC(=O)N(COC(=O)CC)CC(=O)NCC)C(=O)CNC(C)=O. The van der Waals surface area contributed by atoms with E-state index >= 15 is 0 Å². The molecule has 0 aliphatic carbocycles. The average molecular weight is 488 g/mol. The first-order valence-corrected chi connectivity index (χ1v) is 10.4. The Kier molecular flexibility index (Phi) is 15.3. The number of carbonyl (C=O) groups is 6. The molecule has 0 heterocycles. The highest BCUT2D eigenvalue weighted by molar-refractivity contribution is 5.91. The zero-order valence-electron chi connectivity index (χ0n) is 19.6. The molecule has 5 amide bonds. The monoisotopic (exact) mass is 487 g/mol. The van der Waals surface area contributed by atoms with Crippen LogP contribution in [0, 0.1) is 0 Å². The highest BCUT2D eigenvalue weighted by atomic mass is 16.6. The van der Waals surface area contributed by atoms with E-state index in [1.165, 1.54) is 6.92 Å². The Bertz CT molecular complexity index is 744. The molecule has 0 rings (SSSR count). The van der Waals surface area contributed by atoms with Crippen molar-refractivity contribution >= 4 is 35.5 Å². The van der Waals surface area contributed by atoms with Crippen LogP contribution in [0.2, 0.25) is 0 Å². The van der Waals surface area contributed by atoms with Crippen LogP contribution < -0.4 is 16.0 Å². The Morgan fingerprint density at radius 3 is 1.94 bits per heavy atom. The van der Waals surface area contributed by atoms with E-state index in [4.69, 9.17) is 9.47 Å².